The molecular weight excluding hydrogens is 444 g/mol. The Labute approximate surface area is 200 Å². The van der Waals surface area contributed by atoms with Crippen molar-refractivity contribution < 1.29 is 19.1 Å². The van der Waals surface area contributed by atoms with Gasteiger partial charge in [-0.2, -0.15) is 5.10 Å². The van der Waals surface area contributed by atoms with Gasteiger partial charge in [-0.15, -0.1) is 0 Å². The fraction of sp³-hybridized carbons (Fsp3) is 0.0370. The highest BCUT2D eigenvalue weighted by Crippen LogP contribution is 2.26. The van der Waals surface area contributed by atoms with Gasteiger partial charge in [-0.25, -0.2) is 14.3 Å². The van der Waals surface area contributed by atoms with E-state index in [-0.39, 0.29) is 12.5 Å². The summed E-state index contributed by atoms with van der Waals surface area (Å²) in [6.45, 7) is 0.210. The standard InChI is InChI=1S/C27H20N4O4/c32-26(22-17-29-31-15-7-14-28-25(22)31)30-23-12-4-5-13-24(23)34-18-19-8-6-11-21(16-19)35-27(33)20-9-2-1-3-10-20/h1-17H,18H2,(H,30,32). The van der Waals surface area contributed by atoms with Crippen molar-refractivity contribution >= 4 is 23.2 Å². The minimum atomic E-state index is -0.432. The van der Waals surface area contributed by atoms with E-state index in [1.807, 2.05) is 18.2 Å². The summed E-state index contributed by atoms with van der Waals surface area (Å²) in [7, 11) is 0. The van der Waals surface area contributed by atoms with Crippen molar-refractivity contribution in [2.45, 2.75) is 6.61 Å². The zero-order valence-electron chi connectivity index (χ0n) is 18.5. The van der Waals surface area contributed by atoms with Gasteiger partial charge in [-0.05, 0) is 48.0 Å². The van der Waals surface area contributed by atoms with Gasteiger partial charge in [0.2, 0.25) is 0 Å². The number of hydrogen-bond acceptors (Lipinski definition) is 6. The Morgan fingerprint density at radius 2 is 1.74 bits per heavy atom. The van der Waals surface area contributed by atoms with Gasteiger partial charge in [-0.1, -0.05) is 42.5 Å². The number of nitrogens with one attached hydrogen (secondary N) is 1. The Morgan fingerprint density at radius 1 is 0.914 bits per heavy atom. The highest BCUT2D eigenvalue weighted by Gasteiger charge is 2.16. The Balaban J connectivity index is 1.27. The Hall–Kier alpha value is -4.98. The van der Waals surface area contributed by atoms with E-state index in [1.54, 1.807) is 79.1 Å². The van der Waals surface area contributed by atoms with Crippen LogP contribution in [-0.2, 0) is 6.61 Å². The number of benzene rings is 3. The number of rotatable bonds is 7. The molecular formula is C27H20N4O4. The molecule has 35 heavy (non-hydrogen) atoms. The van der Waals surface area contributed by atoms with Crippen LogP contribution in [0.2, 0.25) is 0 Å². The van der Waals surface area contributed by atoms with Crippen molar-refractivity contribution in [3.05, 3.63) is 120 Å². The summed E-state index contributed by atoms with van der Waals surface area (Å²) in [5.74, 6) is 0.141. The van der Waals surface area contributed by atoms with E-state index < -0.39 is 5.97 Å². The van der Waals surface area contributed by atoms with E-state index in [0.29, 0.717) is 34.0 Å². The fourth-order valence-electron chi connectivity index (χ4n) is 3.47. The normalized spacial score (nSPS) is 10.6. The first-order valence-electron chi connectivity index (χ1n) is 10.8. The van der Waals surface area contributed by atoms with Crippen LogP contribution in [0.25, 0.3) is 5.65 Å². The van der Waals surface area contributed by atoms with Crippen molar-refractivity contribution in [2.24, 2.45) is 0 Å². The summed E-state index contributed by atoms with van der Waals surface area (Å²) in [4.78, 5) is 29.4. The number of carbonyl (C=O) groups is 2. The second-order valence-electron chi connectivity index (χ2n) is 7.59. The van der Waals surface area contributed by atoms with Crippen LogP contribution in [0, 0.1) is 0 Å². The van der Waals surface area contributed by atoms with Gasteiger partial charge in [0.15, 0.2) is 5.65 Å². The number of para-hydroxylation sites is 2. The third kappa shape index (κ3) is 5.01. The minimum Gasteiger partial charge on any atom is -0.487 e. The summed E-state index contributed by atoms with van der Waals surface area (Å²) >= 11 is 0. The first-order chi connectivity index (χ1) is 17.2. The number of esters is 1. The Morgan fingerprint density at radius 3 is 2.63 bits per heavy atom. The molecule has 0 saturated carbocycles. The van der Waals surface area contributed by atoms with Gasteiger partial charge in [0.25, 0.3) is 5.91 Å². The first kappa shape index (κ1) is 21.8. The summed E-state index contributed by atoms with van der Waals surface area (Å²) in [6, 6.07) is 24.8. The number of hydrogen-bond donors (Lipinski definition) is 1. The van der Waals surface area contributed by atoms with Gasteiger partial charge in [0.05, 0.1) is 17.4 Å². The Kier molecular flexibility index (Phi) is 6.17. The fourth-order valence-corrected chi connectivity index (χ4v) is 3.47. The summed E-state index contributed by atoms with van der Waals surface area (Å²) < 4.78 is 13.0. The largest absolute Gasteiger partial charge is 0.487 e. The number of nitrogens with zero attached hydrogens (tertiary/aromatic N) is 3. The molecule has 0 aliphatic carbocycles. The van der Waals surface area contributed by atoms with Crippen molar-refractivity contribution in [2.75, 3.05) is 5.32 Å². The van der Waals surface area contributed by atoms with Gasteiger partial charge in [0, 0.05) is 12.4 Å². The summed E-state index contributed by atoms with van der Waals surface area (Å²) in [6.07, 6.45) is 4.81. The van der Waals surface area contributed by atoms with Crippen LogP contribution < -0.4 is 14.8 Å². The van der Waals surface area contributed by atoms with E-state index in [4.69, 9.17) is 9.47 Å². The van der Waals surface area contributed by atoms with E-state index in [9.17, 15) is 9.59 Å². The third-order valence-electron chi connectivity index (χ3n) is 5.17. The molecule has 0 saturated heterocycles. The second kappa shape index (κ2) is 9.88. The molecule has 172 valence electrons. The monoisotopic (exact) mass is 464 g/mol. The topological polar surface area (TPSA) is 94.8 Å². The van der Waals surface area contributed by atoms with Gasteiger partial charge in [-0.3, -0.25) is 4.79 Å². The minimum absolute atomic E-state index is 0.210. The predicted octanol–water partition coefficient (Wildman–Crippen LogP) is 4.78. The lowest BCUT2D eigenvalue weighted by Crippen LogP contribution is -2.13. The van der Waals surface area contributed by atoms with Crippen LogP contribution in [0.1, 0.15) is 26.3 Å². The molecule has 0 spiro atoms. The van der Waals surface area contributed by atoms with E-state index in [2.05, 4.69) is 15.4 Å². The number of fused-ring (bicyclic) bond motifs is 1. The number of carbonyl (C=O) groups excluding carboxylic acids is 2. The number of ether oxygens (including phenoxy) is 2. The zero-order valence-corrected chi connectivity index (χ0v) is 18.5. The van der Waals surface area contributed by atoms with Crippen molar-refractivity contribution in [1.82, 2.24) is 14.6 Å². The first-order valence-corrected chi connectivity index (χ1v) is 10.8. The van der Waals surface area contributed by atoms with Crippen LogP contribution in [0.5, 0.6) is 11.5 Å². The average molecular weight is 464 g/mol. The molecule has 1 amide bonds. The maximum atomic E-state index is 12.9. The smallest absolute Gasteiger partial charge is 0.343 e. The Bertz CT molecular complexity index is 1500. The maximum Gasteiger partial charge on any atom is 0.343 e. The third-order valence-corrected chi connectivity index (χ3v) is 5.17. The highest BCUT2D eigenvalue weighted by atomic mass is 16.5. The zero-order chi connectivity index (χ0) is 24.0. The molecule has 8 nitrogen and oxygen atoms in total. The molecule has 0 atom stereocenters. The molecule has 0 radical (unpaired) electrons. The molecule has 3 aromatic carbocycles. The lowest BCUT2D eigenvalue weighted by Gasteiger charge is -2.13. The molecule has 5 aromatic rings. The molecule has 0 aliphatic heterocycles. The lowest BCUT2D eigenvalue weighted by molar-refractivity contribution is 0.0734. The number of amides is 1. The lowest BCUT2D eigenvalue weighted by atomic mass is 10.2. The van der Waals surface area contributed by atoms with E-state index >= 15 is 0 Å². The predicted molar refractivity (Wildman–Crippen MR) is 130 cm³/mol. The average Bonchev–Trinajstić information content (AvgIpc) is 3.33. The van der Waals surface area contributed by atoms with Gasteiger partial charge < -0.3 is 14.8 Å². The van der Waals surface area contributed by atoms with E-state index in [1.165, 1.54) is 10.7 Å². The molecule has 0 aliphatic rings. The molecule has 1 N–H and O–H groups in total. The molecule has 0 fully saturated rings. The van der Waals surface area contributed by atoms with Crippen LogP contribution in [0.4, 0.5) is 5.69 Å². The van der Waals surface area contributed by atoms with Crippen LogP contribution in [0.3, 0.4) is 0 Å². The number of anilines is 1. The van der Waals surface area contributed by atoms with Crippen LogP contribution >= 0.6 is 0 Å². The van der Waals surface area contributed by atoms with Crippen LogP contribution in [-0.4, -0.2) is 26.5 Å². The summed E-state index contributed by atoms with van der Waals surface area (Å²) in [5, 5.41) is 7.02. The van der Waals surface area contributed by atoms with Crippen molar-refractivity contribution in [3.8, 4) is 11.5 Å². The number of aromatic nitrogens is 3. The van der Waals surface area contributed by atoms with Crippen molar-refractivity contribution in [1.29, 1.82) is 0 Å². The van der Waals surface area contributed by atoms with Gasteiger partial charge >= 0.3 is 5.97 Å². The quantitative estimate of drug-likeness (QED) is 0.275. The van der Waals surface area contributed by atoms with Crippen LogP contribution in [0.15, 0.2) is 104 Å². The molecule has 0 unspecified atom stereocenters. The molecule has 2 heterocycles. The molecule has 0 bridgehead atoms. The molecule has 8 heteroatoms. The summed E-state index contributed by atoms with van der Waals surface area (Å²) in [5.41, 5.74) is 2.61. The van der Waals surface area contributed by atoms with Gasteiger partial charge in [0.1, 0.15) is 23.7 Å². The SMILES string of the molecule is O=C(Oc1cccc(COc2ccccc2NC(=O)c2cnn3cccnc23)c1)c1ccccc1. The molecule has 2 aromatic heterocycles. The highest BCUT2D eigenvalue weighted by molar-refractivity contribution is 6.08. The second-order valence-corrected chi connectivity index (χ2v) is 7.59. The van der Waals surface area contributed by atoms with E-state index in [0.717, 1.165) is 5.56 Å². The molecule has 5 rings (SSSR count). The van der Waals surface area contributed by atoms with Crippen molar-refractivity contribution in [3.63, 3.8) is 0 Å². The maximum absolute atomic E-state index is 12.9.